The van der Waals surface area contributed by atoms with Crippen molar-refractivity contribution in [3.63, 3.8) is 0 Å². The van der Waals surface area contributed by atoms with Crippen LogP contribution < -0.4 is 5.73 Å². The molecule has 3 N–H and O–H groups in total. The number of nitrogens with one attached hydrogen (secondary N) is 1. The monoisotopic (exact) mass is 351 g/mol. The number of nitrogens with zero attached hydrogens (tertiary/aromatic N) is 1. The summed E-state index contributed by atoms with van der Waals surface area (Å²) in [7, 11) is 0. The van der Waals surface area contributed by atoms with E-state index in [4.69, 9.17) is 16.4 Å². The molecular formula is C24H21N3. The minimum atomic E-state index is 0.415. The second-order valence-electron chi connectivity index (χ2n) is 6.57. The molecule has 3 rings (SSSR count). The Morgan fingerprint density at radius 1 is 0.889 bits per heavy atom. The Labute approximate surface area is 159 Å². The SMILES string of the molecule is C/C(N)=C(/C(=N)c1cccc(C)c1)c1ccc(-c2cccc(C#N)c2)cc1. The molecule has 0 bridgehead atoms. The Morgan fingerprint density at radius 2 is 1.59 bits per heavy atom. The van der Waals surface area contributed by atoms with Crippen molar-refractivity contribution in [3.8, 4) is 17.2 Å². The predicted molar refractivity (Wildman–Crippen MR) is 111 cm³/mol. The number of allylic oxidation sites excluding steroid dienone is 2. The summed E-state index contributed by atoms with van der Waals surface area (Å²) in [5.41, 5.74) is 13.4. The molecule has 3 aromatic carbocycles. The summed E-state index contributed by atoms with van der Waals surface area (Å²) in [6, 6.07) is 25.5. The molecule has 0 radical (unpaired) electrons. The first-order chi connectivity index (χ1) is 13.0. The molecule has 3 heteroatoms. The van der Waals surface area contributed by atoms with E-state index in [1.54, 1.807) is 6.07 Å². The topological polar surface area (TPSA) is 73.7 Å². The smallest absolute Gasteiger partial charge is 0.0991 e. The third kappa shape index (κ3) is 3.96. The van der Waals surface area contributed by atoms with Crippen molar-refractivity contribution in [2.75, 3.05) is 0 Å². The summed E-state index contributed by atoms with van der Waals surface area (Å²) in [4.78, 5) is 0. The van der Waals surface area contributed by atoms with Crippen LogP contribution in [0, 0.1) is 23.7 Å². The van der Waals surface area contributed by atoms with E-state index in [9.17, 15) is 0 Å². The van der Waals surface area contributed by atoms with Crippen molar-refractivity contribution in [2.45, 2.75) is 13.8 Å². The molecule has 3 aromatic rings. The van der Waals surface area contributed by atoms with Gasteiger partial charge in [0.1, 0.15) is 0 Å². The highest BCUT2D eigenvalue weighted by Crippen LogP contribution is 2.26. The van der Waals surface area contributed by atoms with Crippen molar-refractivity contribution in [3.05, 3.63) is 101 Å². The van der Waals surface area contributed by atoms with Gasteiger partial charge in [0.2, 0.25) is 0 Å². The van der Waals surface area contributed by atoms with E-state index in [2.05, 4.69) is 6.07 Å². The van der Waals surface area contributed by atoms with Gasteiger partial charge in [-0.1, -0.05) is 60.2 Å². The maximum atomic E-state index is 9.08. The molecule has 0 spiro atoms. The Bertz CT molecular complexity index is 1060. The summed E-state index contributed by atoms with van der Waals surface area (Å²) in [6.45, 7) is 3.84. The molecule has 0 aliphatic carbocycles. The molecule has 0 aromatic heterocycles. The van der Waals surface area contributed by atoms with Gasteiger partial charge in [0.25, 0.3) is 0 Å². The van der Waals surface area contributed by atoms with Crippen LogP contribution in [-0.2, 0) is 0 Å². The normalized spacial score (nSPS) is 11.4. The van der Waals surface area contributed by atoms with Gasteiger partial charge in [-0.15, -0.1) is 0 Å². The predicted octanol–water partition coefficient (Wildman–Crippen LogP) is 5.29. The van der Waals surface area contributed by atoms with E-state index in [0.29, 0.717) is 17.0 Å². The summed E-state index contributed by atoms with van der Waals surface area (Å²) < 4.78 is 0. The van der Waals surface area contributed by atoms with Crippen molar-refractivity contribution < 1.29 is 0 Å². The standard InChI is InChI=1S/C24H21N3/c1-16-5-3-8-22(13-16)24(27)23(17(2)26)20-11-9-19(10-12-20)21-7-4-6-18(14-21)15-25/h3-14,27H,26H2,1-2H3/b23-17-,27-24?. The number of benzene rings is 3. The Balaban J connectivity index is 1.97. The molecule has 0 saturated carbocycles. The van der Waals surface area contributed by atoms with Gasteiger partial charge in [-0.25, -0.2) is 0 Å². The molecule has 0 atom stereocenters. The minimum absolute atomic E-state index is 0.415. The van der Waals surface area contributed by atoms with Crippen molar-refractivity contribution in [1.29, 1.82) is 10.7 Å². The molecule has 132 valence electrons. The van der Waals surface area contributed by atoms with Crippen molar-refractivity contribution >= 4 is 11.3 Å². The average Bonchev–Trinajstić information content (AvgIpc) is 2.68. The fraction of sp³-hybridized carbons (Fsp3) is 0.0833. The molecule has 27 heavy (non-hydrogen) atoms. The van der Waals surface area contributed by atoms with Gasteiger partial charge in [0.15, 0.2) is 0 Å². The number of aryl methyl sites for hydroxylation is 1. The maximum Gasteiger partial charge on any atom is 0.0991 e. The fourth-order valence-electron chi connectivity index (χ4n) is 3.11. The fourth-order valence-corrected chi connectivity index (χ4v) is 3.11. The van der Waals surface area contributed by atoms with Crippen molar-refractivity contribution in [1.82, 2.24) is 0 Å². The first-order valence-corrected chi connectivity index (χ1v) is 8.73. The van der Waals surface area contributed by atoms with Crippen LogP contribution in [0.2, 0.25) is 0 Å². The van der Waals surface area contributed by atoms with Gasteiger partial charge in [-0.05, 0) is 48.7 Å². The highest BCUT2D eigenvalue weighted by Gasteiger charge is 2.13. The van der Waals surface area contributed by atoms with Crippen LogP contribution in [-0.4, -0.2) is 5.71 Å². The zero-order valence-corrected chi connectivity index (χ0v) is 15.5. The van der Waals surface area contributed by atoms with Crippen LogP contribution in [0.4, 0.5) is 0 Å². The van der Waals surface area contributed by atoms with Gasteiger partial charge in [0.05, 0.1) is 17.3 Å². The van der Waals surface area contributed by atoms with Gasteiger partial charge < -0.3 is 5.73 Å². The lowest BCUT2D eigenvalue weighted by molar-refractivity contribution is 1.32. The van der Waals surface area contributed by atoms with Crippen LogP contribution in [0.1, 0.15) is 29.2 Å². The highest BCUT2D eigenvalue weighted by atomic mass is 14.6. The largest absolute Gasteiger partial charge is 0.402 e. The van der Waals surface area contributed by atoms with Gasteiger partial charge in [-0.2, -0.15) is 5.26 Å². The Kier molecular flexibility index (Phi) is 5.19. The van der Waals surface area contributed by atoms with Crippen LogP contribution in [0.5, 0.6) is 0 Å². The Morgan fingerprint density at radius 3 is 2.22 bits per heavy atom. The minimum Gasteiger partial charge on any atom is -0.402 e. The number of hydrogen-bond acceptors (Lipinski definition) is 3. The summed E-state index contributed by atoms with van der Waals surface area (Å²) in [5.74, 6) is 0. The maximum absolute atomic E-state index is 9.08. The number of nitrogens with two attached hydrogens (primary N) is 1. The third-order valence-electron chi connectivity index (χ3n) is 4.45. The van der Waals surface area contributed by atoms with Crippen molar-refractivity contribution in [2.24, 2.45) is 5.73 Å². The summed E-state index contributed by atoms with van der Waals surface area (Å²) >= 11 is 0. The van der Waals surface area contributed by atoms with Crippen LogP contribution in [0.25, 0.3) is 16.7 Å². The Hall–Kier alpha value is -3.64. The lowest BCUT2D eigenvalue weighted by Crippen LogP contribution is -2.09. The van der Waals surface area contributed by atoms with E-state index >= 15 is 0 Å². The molecule has 0 amide bonds. The summed E-state index contributed by atoms with van der Waals surface area (Å²) in [6.07, 6.45) is 0. The summed E-state index contributed by atoms with van der Waals surface area (Å²) in [5, 5.41) is 17.7. The molecule has 0 saturated heterocycles. The molecule has 0 unspecified atom stereocenters. The van der Waals surface area contributed by atoms with Gasteiger partial charge in [-0.3, -0.25) is 5.41 Å². The molecule has 3 nitrogen and oxygen atoms in total. The first-order valence-electron chi connectivity index (χ1n) is 8.73. The number of rotatable bonds is 4. The lowest BCUT2D eigenvalue weighted by atomic mass is 9.92. The number of hydrogen-bond donors (Lipinski definition) is 2. The first kappa shape index (κ1) is 18.2. The number of nitriles is 1. The van der Waals surface area contributed by atoms with Crippen LogP contribution in [0.3, 0.4) is 0 Å². The third-order valence-corrected chi connectivity index (χ3v) is 4.45. The second kappa shape index (κ2) is 7.72. The van der Waals surface area contributed by atoms with Gasteiger partial charge >= 0.3 is 0 Å². The van der Waals surface area contributed by atoms with E-state index in [-0.39, 0.29) is 0 Å². The van der Waals surface area contributed by atoms with Gasteiger partial charge in [0, 0.05) is 16.8 Å². The molecule has 0 aliphatic heterocycles. The molecular weight excluding hydrogens is 330 g/mol. The molecule has 0 heterocycles. The highest BCUT2D eigenvalue weighted by molar-refractivity contribution is 6.30. The lowest BCUT2D eigenvalue weighted by Gasteiger charge is -2.13. The van der Waals surface area contributed by atoms with E-state index in [1.165, 1.54) is 0 Å². The van der Waals surface area contributed by atoms with E-state index in [0.717, 1.165) is 33.4 Å². The second-order valence-corrected chi connectivity index (χ2v) is 6.57. The van der Waals surface area contributed by atoms with Crippen LogP contribution >= 0.6 is 0 Å². The van der Waals surface area contributed by atoms with E-state index < -0.39 is 0 Å². The van der Waals surface area contributed by atoms with Crippen LogP contribution in [0.15, 0.2) is 78.5 Å². The molecule has 0 fully saturated rings. The zero-order chi connectivity index (χ0) is 19.4. The molecule has 0 aliphatic rings. The quantitative estimate of drug-likeness (QED) is 0.627. The van der Waals surface area contributed by atoms with E-state index in [1.807, 2.05) is 80.6 Å². The zero-order valence-electron chi connectivity index (χ0n) is 15.5. The average molecular weight is 351 g/mol.